The number of para-hydroxylation sites is 1. The lowest BCUT2D eigenvalue weighted by Crippen LogP contribution is -2.36. The second-order valence-corrected chi connectivity index (χ2v) is 7.77. The van der Waals surface area contributed by atoms with Crippen LogP contribution in [0.15, 0.2) is 48.7 Å². The lowest BCUT2D eigenvalue weighted by molar-refractivity contribution is -0.133. The van der Waals surface area contributed by atoms with Gasteiger partial charge in [-0.2, -0.15) is 0 Å². The van der Waals surface area contributed by atoms with Gasteiger partial charge in [0.1, 0.15) is 11.9 Å². The summed E-state index contributed by atoms with van der Waals surface area (Å²) in [5, 5.41) is 1.06. The van der Waals surface area contributed by atoms with Gasteiger partial charge in [0.2, 0.25) is 0 Å². The number of hydrogen-bond donors (Lipinski definition) is 1. The van der Waals surface area contributed by atoms with E-state index >= 15 is 0 Å². The molecule has 7 heteroatoms. The fourth-order valence-corrected chi connectivity index (χ4v) is 4.33. The first-order valence-electron chi connectivity index (χ1n) is 10.5. The van der Waals surface area contributed by atoms with Crippen LogP contribution >= 0.6 is 0 Å². The highest BCUT2D eigenvalue weighted by Gasteiger charge is 2.23. The van der Waals surface area contributed by atoms with Crippen molar-refractivity contribution in [3.63, 3.8) is 0 Å². The highest BCUT2D eigenvalue weighted by Crippen LogP contribution is 2.34. The molecule has 0 spiro atoms. The summed E-state index contributed by atoms with van der Waals surface area (Å²) < 4.78 is 11.1. The lowest BCUT2D eigenvalue weighted by atomic mass is 9.97. The number of nitrogens with zero attached hydrogens (tertiary/aromatic N) is 3. The zero-order valence-electron chi connectivity index (χ0n) is 17.4. The third kappa shape index (κ3) is 3.84. The molecule has 0 radical (unpaired) electrons. The van der Waals surface area contributed by atoms with E-state index in [2.05, 4.69) is 27.0 Å². The molecule has 1 N–H and O–H groups in total. The van der Waals surface area contributed by atoms with Gasteiger partial charge in [-0.1, -0.05) is 24.3 Å². The highest BCUT2D eigenvalue weighted by atomic mass is 16.5. The van der Waals surface area contributed by atoms with Crippen molar-refractivity contribution >= 4 is 34.1 Å². The average molecular weight is 416 g/mol. The van der Waals surface area contributed by atoms with Crippen molar-refractivity contribution in [2.24, 2.45) is 0 Å². The molecule has 0 amide bonds. The van der Waals surface area contributed by atoms with E-state index in [4.69, 9.17) is 14.5 Å². The van der Waals surface area contributed by atoms with E-state index in [1.807, 2.05) is 37.3 Å². The minimum atomic E-state index is -0.476. The number of aromatic amines is 1. The van der Waals surface area contributed by atoms with Crippen molar-refractivity contribution in [1.82, 2.24) is 15.0 Å². The number of imidazole rings is 1. The highest BCUT2D eigenvalue weighted by molar-refractivity contribution is 5.85. The Morgan fingerprint density at radius 3 is 2.87 bits per heavy atom. The molecule has 4 aromatic rings. The number of hydrogen-bond acceptors (Lipinski definition) is 6. The van der Waals surface area contributed by atoms with Gasteiger partial charge in [-0.3, -0.25) is 9.78 Å². The zero-order chi connectivity index (χ0) is 21.2. The van der Waals surface area contributed by atoms with Crippen LogP contribution in [-0.4, -0.2) is 47.7 Å². The minimum absolute atomic E-state index is 0.476. The Morgan fingerprint density at radius 1 is 1.19 bits per heavy atom. The van der Waals surface area contributed by atoms with Crippen molar-refractivity contribution in [1.29, 1.82) is 0 Å². The maximum atomic E-state index is 11.5. The Balaban J connectivity index is 1.60. The van der Waals surface area contributed by atoms with Crippen molar-refractivity contribution in [2.75, 3.05) is 31.2 Å². The third-order valence-corrected chi connectivity index (χ3v) is 5.78. The summed E-state index contributed by atoms with van der Waals surface area (Å²) in [6.45, 7) is 5.50. The molecule has 5 rings (SSSR count). The summed E-state index contributed by atoms with van der Waals surface area (Å²) in [5.74, 6) is 0.826. The van der Waals surface area contributed by atoms with Crippen LogP contribution in [0.5, 0.6) is 0 Å². The van der Waals surface area contributed by atoms with Gasteiger partial charge < -0.3 is 19.4 Å². The van der Waals surface area contributed by atoms with Crippen molar-refractivity contribution in [3.8, 4) is 0 Å². The zero-order valence-corrected chi connectivity index (χ0v) is 17.4. The van der Waals surface area contributed by atoms with Crippen molar-refractivity contribution < 1.29 is 14.3 Å². The molecule has 1 aliphatic heterocycles. The molecule has 2 aromatic carbocycles. The maximum absolute atomic E-state index is 11.5. The third-order valence-electron chi connectivity index (χ3n) is 5.78. The first-order chi connectivity index (χ1) is 15.2. The molecular weight excluding hydrogens is 392 g/mol. The van der Waals surface area contributed by atoms with E-state index in [1.165, 1.54) is 0 Å². The lowest BCUT2D eigenvalue weighted by Gasteiger charge is -2.29. The van der Waals surface area contributed by atoms with E-state index in [1.54, 1.807) is 6.20 Å². The number of aromatic nitrogens is 3. The molecule has 0 saturated carbocycles. The Morgan fingerprint density at radius 2 is 2.03 bits per heavy atom. The Hall–Kier alpha value is -3.45. The van der Waals surface area contributed by atoms with Crippen LogP contribution in [0.4, 0.5) is 5.69 Å². The summed E-state index contributed by atoms with van der Waals surface area (Å²) in [6.07, 6.45) is 1.83. The van der Waals surface area contributed by atoms with Crippen LogP contribution in [0.3, 0.4) is 0 Å². The molecule has 31 heavy (non-hydrogen) atoms. The summed E-state index contributed by atoms with van der Waals surface area (Å²) in [6, 6.07) is 14.3. The normalized spacial score (nSPS) is 15.3. The summed E-state index contributed by atoms with van der Waals surface area (Å²) in [4.78, 5) is 26.4. The molecule has 0 bridgehead atoms. The number of fused-ring (bicyclic) bond motifs is 2. The van der Waals surface area contributed by atoms with Gasteiger partial charge in [-0.05, 0) is 30.7 Å². The fourth-order valence-electron chi connectivity index (χ4n) is 4.33. The van der Waals surface area contributed by atoms with Gasteiger partial charge >= 0.3 is 0 Å². The molecule has 1 aliphatic rings. The van der Waals surface area contributed by atoms with Gasteiger partial charge in [-0.15, -0.1) is 0 Å². The molecule has 1 unspecified atom stereocenters. The number of pyridine rings is 1. The molecule has 1 atom stereocenters. The van der Waals surface area contributed by atoms with Gasteiger partial charge in [0.05, 0.1) is 29.8 Å². The number of nitrogens with one attached hydrogen (secondary N) is 1. The average Bonchev–Trinajstić information content (AvgIpc) is 3.19. The number of anilines is 1. The number of carbonyl (C=O) groups is 1. The SMILES string of the molecule is Cc1nc2c(C(Cc3cccc4cccnc34)OC=O)cc(N3CCOCC3)cc2[nH]1. The topological polar surface area (TPSA) is 80.3 Å². The summed E-state index contributed by atoms with van der Waals surface area (Å²) in [7, 11) is 0. The standard InChI is InChI=1S/C24H24N4O3/c1-16-26-21-14-19(28-8-10-30-11-9-28)13-20(24(21)27-16)22(31-15-29)12-18-5-2-4-17-6-3-7-25-23(17)18/h2-7,13-15,22H,8-12H2,1H3,(H,26,27). The van der Waals surface area contributed by atoms with E-state index in [9.17, 15) is 4.79 Å². The van der Waals surface area contributed by atoms with Crippen LogP contribution in [-0.2, 0) is 20.7 Å². The quantitative estimate of drug-likeness (QED) is 0.483. The Kier molecular flexibility index (Phi) is 5.26. The van der Waals surface area contributed by atoms with Gasteiger partial charge in [-0.25, -0.2) is 4.98 Å². The number of rotatable bonds is 6. The number of carbonyl (C=O) groups excluding carboxylic acids is 1. The van der Waals surface area contributed by atoms with E-state index in [0.717, 1.165) is 57.7 Å². The molecule has 1 saturated heterocycles. The predicted octanol–water partition coefficient (Wildman–Crippen LogP) is 3.71. The molecular formula is C24H24N4O3. The van der Waals surface area contributed by atoms with Gasteiger partial charge in [0.15, 0.2) is 0 Å². The number of ether oxygens (including phenoxy) is 2. The van der Waals surface area contributed by atoms with Crippen LogP contribution in [0, 0.1) is 6.92 Å². The van der Waals surface area contributed by atoms with Crippen LogP contribution in [0.25, 0.3) is 21.9 Å². The number of H-pyrrole nitrogens is 1. The first kappa shape index (κ1) is 19.5. The number of morpholine rings is 1. The number of aryl methyl sites for hydroxylation is 1. The monoisotopic (exact) mass is 416 g/mol. The smallest absolute Gasteiger partial charge is 0.293 e. The molecule has 3 heterocycles. The molecule has 7 nitrogen and oxygen atoms in total. The predicted molar refractivity (Wildman–Crippen MR) is 119 cm³/mol. The first-order valence-corrected chi connectivity index (χ1v) is 10.5. The second kappa shape index (κ2) is 8.35. The molecule has 158 valence electrons. The van der Waals surface area contributed by atoms with Crippen LogP contribution in [0.2, 0.25) is 0 Å². The Labute approximate surface area is 180 Å². The van der Waals surface area contributed by atoms with E-state index in [-0.39, 0.29) is 0 Å². The van der Waals surface area contributed by atoms with Gasteiger partial charge in [0, 0.05) is 42.3 Å². The maximum Gasteiger partial charge on any atom is 0.293 e. The number of benzene rings is 2. The largest absolute Gasteiger partial charge is 0.459 e. The van der Waals surface area contributed by atoms with E-state index < -0.39 is 6.10 Å². The summed E-state index contributed by atoms with van der Waals surface area (Å²) >= 11 is 0. The molecule has 1 fully saturated rings. The van der Waals surface area contributed by atoms with Gasteiger partial charge in [0.25, 0.3) is 6.47 Å². The summed E-state index contributed by atoms with van der Waals surface area (Å²) in [5.41, 5.74) is 5.68. The molecule has 2 aromatic heterocycles. The van der Waals surface area contributed by atoms with Crippen molar-refractivity contribution in [3.05, 3.63) is 65.6 Å². The van der Waals surface area contributed by atoms with E-state index in [0.29, 0.717) is 26.1 Å². The minimum Gasteiger partial charge on any atom is -0.459 e. The molecule has 0 aliphatic carbocycles. The Bertz CT molecular complexity index is 1220. The second-order valence-electron chi connectivity index (χ2n) is 7.77. The fraction of sp³-hybridized carbons (Fsp3) is 0.292. The van der Waals surface area contributed by atoms with Crippen molar-refractivity contribution in [2.45, 2.75) is 19.4 Å². The van der Waals surface area contributed by atoms with Crippen LogP contribution < -0.4 is 4.90 Å². The van der Waals surface area contributed by atoms with Crippen LogP contribution in [0.1, 0.15) is 23.1 Å².